The molecule has 4 aromatic rings. The van der Waals surface area contributed by atoms with Crippen molar-refractivity contribution in [3.8, 4) is 16.9 Å². The third kappa shape index (κ3) is 3.88. The second-order valence-electron chi connectivity index (χ2n) is 9.55. The lowest BCUT2D eigenvalue weighted by Gasteiger charge is -2.46. The molecule has 4 heterocycles. The fourth-order valence-electron chi connectivity index (χ4n) is 4.92. The van der Waals surface area contributed by atoms with Crippen molar-refractivity contribution in [3.05, 3.63) is 43.0 Å². The van der Waals surface area contributed by atoms with Crippen molar-refractivity contribution in [2.24, 2.45) is 0 Å². The van der Waals surface area contributed by atoms with Crippen LogP contribution in [0.25, 0.3) is 27.8 Å². The molecule has 3 N–H and O–H groups in total. The largest absolute Gasteiger partial charge is 0.350 e. The average molecular weight is 418 g/mol. The molecule has 1 fully saturated rings. The lowest BCUT2D eigenvalue weighted by molar-refractivity contribution is 0.170. The first-order valence-corrected chi connectivity index (χ1v) is 10.5. The van der Waals surface area contributed by atoms with Crippen LogP contribution in [0.15, 0.2) is 43.0 Å². The Morgan fingerprint density at radius 3 is 2.55 bits per heavy atom. The predicted molar refractivity (Wildman–Crippen MR) is 120 cm³/mol. The van der Waals surface area contributed by atoms with Crippen LogP contribution < -0.4 is 10.6 Å². The molecule has 31 heavy (non-hydrogen) atoms. The van der Waals surface area contributed by atoms with Crippen LogP contribution in [0.3, 0.4) is 0 Å². The van der Waals surface area contributed by atoms with Gasteiger partial charge in [0.15, 0.2) is 0 Å². The second-order valence-corrected chi connectivity index (χ2v) is 9.55. The molecule has 1 saturated heterocycles. The number of benzene rings is 1. The predicted octanol–water partition coefficient (Wildman–Crippen LogP) is 3.32. The van der Waals surface area contributed by atoms with E-state index >= 15 is 0 Å². The van der Waals surface area contributed by atoms with Crippen molar-refractivity contribution in [1.29, 1.82) is 0 Å². The van der Waals surface area contributed by atoms with Crippen molar-refractivity contribution in [1.82, 2.24) is 40.5 Å². The summed E-state index contributed by atoms with van der Waals surface area (Å²) in [7, 11) is 0. The van der Waals surface area contributed by atoms with Gasteiger partial charge in [-0.1, -0.05) is 0 Å². The average Bonchev–Trinajstić information content (AvgIpc) is 3.38. The highest BCUT2D eigenvalue weighted by Crippen LogP contribution is 2.31. The highest BCUT2D eigenvalue weighted by Gasteiger charge is 2.37. The van der Waals surface area contributed by atoms with E-state index < -0.39 is 0 Å². The molecule has 5 rings (SSSR count). The third-order valence-corrected chi connectivity index (χ3v) is 5.71. The molecule has 0 amide bonds. The maximum absolute atomic E-state index is 4.55. The summed E-state index contributed by atoms with van der Waals surface area (Å²) in [6.45, 7) is 8.92. The van der Waals surface area contributed by atoms with Crippen LogP contribution in [0, 0.1) is 0 Å². The van der Waals surface area contributed by atoms with Gasteiger partial charge in [-0.2, -0.15) is 10.2 Å². The van der Waals surface area contributed by atoms with Crippen molar-refractivity contribution in [2.45, 2.75) is 57.7 Å². The minimum absolute atomic E-state index is 0.0516. The van der Waals surface area contributed by atoms with Crippen molar-refractivity contribution >= 4 is 16.9 Å². The van der Waals surface area contributed by atoms with E-state index in [9.17, 15) is 0 Å². The summed E-state index contributed by atoms with van der Waals surface area (Å²) in [6.07, 6.45) is 9.20. The first-order chi connectivity index (χ1) is 14.8. The maximum Gasteiger partial charge on any atom is 0.242 e. The zero-order chi connectivity index (χ0) is 21.6. The molecule has 0 saturated carbocycles. The number of aromatic amines is 1. The number of anilines is 1. The Bertz CT molecular complexity index is 1170. The highest BCUT2D eigenvalue weighted by atomic mass is 15.3. The van der Waals surface area contributed by atoms with Gasteiger partial charge in [0, 0.05) is 40.5 Å². The van der Waals surface area contributed by atoms with E-state index in [0.717, 1.165) is 35.0 Å². The Hall–Kier alpha value is -3.33. The molecule has 0 aliphatic carbocycles. The number of hydrogen-bond donors (Lipinski definition) is 3. The minimum Gasteiger partial charge on any atom is -0.350 e. The molecule has 0 bridgehead atoms. The van der Waals surface area contributed by atoms with Crippen molar-refractivity contribution < 1.29 is 0 Å². The summed E-state index contributed by atoms with van der Waals surface area (Å²) in [5.41, 5.74) is 3.55. The molecule has 1 aliphatic rings. The summed E-state index contributed by atoms with van der Waals surface area (Å²) in [5.74, 6) is 0.554. The second kappa shape index (κ2) is 7.12. The maximum atomic E-state index is 4.55. The van der Waals surface area contributed by atoms with E-state index in [4.69, 9.17) is 0 Å². The minimum atomic E-state index is 0.0516. The summed E-state index contributed by atoms with van der Waals surface area (Å²) >= 11 is 0. The van der Waals surface area contributed by atoms with Crippen LogP contribution in [-0.2, 0) is 0 Å². The Morgan fingerprint density at radius 2 is 1.87 bits per heavy atom. The number of nitrogens with zero attached hydrogens (tertiary/aromatic N) is 6. The molecule has 160 valence electrons. The van der Waals surface area contributed by atoms with Gasteiger partial charge in [0.2, 0.25) is 5.95 Å². The van der Waals surface area contributed by atoms with Gasteiger partial charge >= 0.3 is 0 Å². The lowest BCUT2D eigenvalue weighted by Crippen LogP contribution is -2.60. The van der Waals surface area contributed by atoms with Gasteiger partial charge < -0.3 is 10.6 Å². The fourth-order valence-corrected chi connectivity index (χ4v) is 4.92. The molecule has 9 heteroatoms. The summed E-state index contributed by atoms with van der Waals surface area (Å²) < 4.78 is 1.81. The van der Waals surface area contributed by atoms with Crippen LogP contribution in [0.1, 0.15) is 40.5 Å². The van der Waals surface area contributed by atoms with Gasteiger partial charge in [-0.15, -0.1) is 10.2 Å². The molecule has 0 unspecified atom stereocenters. The monoisotopic (exact) mass is 417 g/mol. The van der Waals surface area contributed by atoms with E-state index in [2.05, 4.69) is 68.8 Å². The Labute approximate surface area is 180 Å². The van der Waals surface area contributed by atoms with Crippen molar-refractivity contribution in [3.63, 3.8) is 0 Å². The standard InChI is InChI=1S/C22H27N9/c1-21(2)10-14(11-22(3,4)30-21)26-20-23-13-17(27-29-20)15-6-7-18(31-9-5-8-25-31)19-16(15)12-24-28-19/h5-9,12-14,30H,10-11H2,1-4H3,(H,24,28)(H,23,26,29). The quantitative estimate of drug-likeness (QED) is 0.467. The van der Waals surface area contributed by atoms with Crippen molar-refractivity contribution in [2.75, 3.05) is 5.32 Å². The summed E-state index contributed by atoms with van der Waals surface area (Å²) in [4.78, 5) is 4.55. The molecular formula is C22H27N9. The van der Waals surface area contributed by atoms with E-state index in [1.807, 2.05) is 29.1 Å². The number of nitrogens with one attached hydrogen (secondary N) is 3. The fraction of sp³-hybridized carbons (Fsp3) is 0.409. The number of H-pyrrole nitrogens is 1. The smallest absolute Gasteiger partial charge is 0.242 e. The first kappa shape index (κ1) is 19.6. The number of aromatic nitrogens is 7. The van der Waals surface area contributed by atoms with E-state index in [1.54, 1.807) is 18.6 Å². The van der Waals surface area contributed by atoms with Gasteiger partial charge in [0.25, 0.3) is 0 Å². The summed E-state index contributed by atoms with van der Waals surface area (Å²) in [6, 6.07) is 6.18. The zero-order valence-corrected chi connectivity index (χ0v) is 18.2. The number of piperidine rings is 1. The number of fused-ring (bicyclic) bond motifs is 1. The van der Waals surface area contributed by atoms with E-state index in [0.29, 0.717) is 11.6 Å². The summed E-state index contributed by atoms with van der Waals surface area (Å²) in [5, 5.41) is 28.6. The number of hydrogen-bond acceptors (Lipinski definition) is 7. The first-order valence-electron chi connectivity index (χ1n) is 10.5. The molecule has 0 spiro atoms. The van der Waals surface area contributed by atoms with Gasteiger partial charge in [-0.3, -0.25) is 5.10 Å². The molecule has 1 aliphatic heterocycles. The topological polar surface area (TPSA) is 109 Å². The van der Waals surface area contributed by atoms with Crippen LogP contribution in [0.2, 0.25) is 0 Å². The number of rotatable bonds is 4. The molecule has 3 aromatic heterocycles. The van der Waals surface area contributed by atoms with Gasteiger partial charge in [-0.05, 0) is 58.7 Å². The van der Waals surface area contributed by atoms with Gasteiger partial charge in [0.1, 0.15) is 5.69 Å². The Morgan fingerprint density at radius 1 is 1.06 bits per heavy atom. The zero-order valence-electron chi connectivity index (χ0n) is 18.2. The van der Waals surface area contributed by atoms with E-state index in [-0.39, 0.29) is 17.1 Å². The van der Waals surface area contributed by atoms with Crippen LogP contribution >= 0.6 is 0 Å². The third-order valence-electron chi connectivity index (χ3n) is 5.71. The van der Waals surface area contributed by atoms with Crippen LogP contribution in [0.5, 0.6) is 0 Å². The van der Waals surface area contributed by atoms with Crippen LogP contribution in [-0.4, -0.2) is 52.3 Å². The molecule has 0 radical (unpaired) electrons. The van der Waals surface area contributed by atoms with Gasteiger partial charge in [-0.25, -0.2) is 9.67 Å². The SMILES string of the molecule is CC1(C)CC(Nc2ncc(-c3ccc(-n4cccn4)c4[nH]ncc34)nn2)CC(C)(C)N1. The normalized spacial score (nSPS) is 18.3. The lowest BCUT2D eigenvalue weighted by atomic mass is 9.80. The Balaban J connectivity index is 1.40. The molecule has 0 atom stereocenters. The van der Waals surface area contributed by atoms with Crippen LogP contribution in [0.4, 0.5) is 5.95 Å². The highest BCUT2D eigenvalue weighted by molar-refractivity contribution is 5.97. The Kier molecular flexibility index (Phi) is 4.51. The molecule has 9 nitrogen and oxygen atoms in total. The molecular weight excluding hydrogens is 390 g/mol. The van der Waals surface area contributed by atoms with E-state index in [1.165, 1.54) is 0 Å². The molecule has 1 aromatic carbocycles. The van der Waals surface area contributed by atoms with Gasteiger partial charge in [0.05, 0.1) is 23.6 Å².